The fourth-order valence-electron chi connectivity index (χ4n) is 2.13. The zero-order valence-corrected chi connectivity index (χ0v) is 11.9. The van der Waals surface area contributed by atoms with Gasteiger partial charge in [-0.1, -0.05) is 12.2 Å². The van der Waals surface area contributed by atoms with E-state index in [1.54, 1.807) is 4.90 Å². The van der Waals surface area contributed by atoms with Gasteiger partial charge in [-0.15, -0.1) is 0 Å². The first-order valence-electron chi connectivity index (χ1n) is 6.54. The first-order chi connectivity index (χ1) is 8.70. The lowest BCUT2D eigenvalue weighted by molar-refractivity contribution is -0.883. The Balaban J connectivity index is 2.00. The molecular weight excluding hydrogens is 244 g/mol. The molecule has 1 aliphatic rings. The zero-order valence-electron chi connectivity index (χ0n) is 11.1. The molecule has 0 spiro atoms. The minimum Gasteiger partial charge on any atom is -0.494 e. The highest BCUT2D eigenvalue weighted by atomic mass is 32.1. The Morgan fingerprint density at radius 3 is 2.44 bits per heavy atom. The standard InChI is InChI=1S/C14H20N2OS/c1-3-17-13-6-4-12(5-7-13)14(18)16-10-8-15(2)9-11-16/h4-7H,3,8-11H2,1-2H3/p+1. The quantitative estimate of drug-likeness (QED) is 0.806. The molecule has 98 valence electrons. The van der Waals surface area contributed by atoms with E-state index in [1.807, 2.05) is 19.1 Å². The van der Waals surface area contributed by atoms with Crippen LogP contribution in [0.2, 0.25) is 0 Å². The zero-order chi connectivity index (χ0) is 13.0. The fraction of sp³-hybridized carbons (Fsp3) is 0.500. The molecule has 1 aliphatic heterocycles. The lowest BCUT2D eigenvalue weighted by atomic mass is 10.2. The molecule has 1 aromatic rings. The second-order valence-corrected chi connectivity index (χ2v) is 5.09. The van der Waals surface area contributed by atoms with Gasteiger partial charge in [0, 0.05) is 5.56 Å². The molecular formula is C14H21N2OS+. The van der Waals surface area contributed by atoms with Crippen LogP contribution in [0.3, 0.4) is 0 Å². The molecule has 0 saturated carbocycles. The van der Waals surface area contributed by atoms with E-state index in [0.29, 0.717) is 6.61 Å². The third kappa shape index (κ3) is 3.21. The maximum absolute atomic E-state index is 5.56. The summed E-state index contributed by atoms with van der Waals surface area (Å²) < 4.78 is 5.44. The molecule has 0 aliphatic carbocycles. The topological polar surface area (TPSA) is 16.9 Å². The summed E-state index contributed by atoms with van der Waals surface area (Å²) >= 11 is 5.56. The molecule has 0 amide bonds. The molecule has 0 bridgehead atoms. The summed E-state index contributed by atoms with van der Waals surface area (Å²) in [6, 6.07) is 8.09. The first kappa shape index (κ1) is 13.3. The van der Waals surface area contributed by atoms with Crippen LogP contribution in [0.1, 0.15) is 12.5 Å². The van der Waals surface area contributed by atoms with Crippen LogP contribution in [0.25, 0.3) is 0 Å². The van der Waals surface area contributed by atoms with E-state index in [4.69, 9.17) is 17.0 Å². The van der Waals surface area contributed by atoms with Crippen LogP contribution >= 0.6 is 12.2 Å². The van der Waals surface area contributed by atoms with Crippen molar-refractivity contribution in [1.29, 1.82) is 0 Å². The average Bonchev–Trinajstić information content (AvgIpc) is 2.40. The molecule has 1 saturated heterocycles. The molecule has 4 heteroatoms. The second kappa shape index (κ2) is 6.16. The monoisotopic (exact) mass is 265 g/mol. The van der Waals surface area contributed by atoms with Crippen molar-refractivity contribution in [3.8, 4) is 5.75 Å². The van der Waals surface area contributed by atoms with Crippen LogP contribution in [0.15, 0.2) is 24.3 Å². The fourth-order valence-corrected chi connectivity index (χ4v) is 2.45. The summed E-state index contributed by atoms with van der Waals surface area (Å²) in [7, 11) is 2.23. The minimum absolute atomic E-state index is 0.699. The van der Waals surface area contributed by atoms with Crippen LogP contribution < -0.4 is 9.64 Å². The number of benzene rings is 1. The summed E-state index contributed by atoms with van der Waals surface area (Å²) in [6.45, 7) is 7.13. The second-order valence-electron chi connectivity index (χ2n) is 4.71. The summed E-state index contributed by atoms with van der Waals surface area (Å²) in [4.78, 5) is 4.85. The van der Waals surface area contributed by atoms with Crippen LogP contribution in [0.5, 0.6) is 5.75 Å². The molecule has 2 rings (SSSR count). The van der Waals surface area contributed by atoms with Gasteiger partial charge in [-0.05, 0) is 31.2 Å². The van der Waals surface area contributed by atoms with E-state index in [0.717, 1.165) is 42.5 Å². The average molecular weight is 265 g/mol. The molecule has 0 atom stereocenters. The smallest absolute Gasteiger partial charge is 0.119 e. The Bertz CT molecular complexity index is 397. The van der Waals surface area contributed by atoms with Crippen molar-refractivity contribution in [3.05, 3.63) is 29.8 Å². The predicted octanol–water partition coefficient (Wildman–Crippen LogP) is 0.591. The van der Waals surface area contributed by atoms with Crippen LogP contribution in [-0.4, -0.2) is 49.7 Å². The number of thiocarbonyl (C=S) groups is 1. The molecule has 1 heterocycles. The SMILES string of the molecule is CCOc1ccc(C(=S)N2CC[NH+](C)CC2)cc1. The number of hydrogen-bond donors (Lipinski definition) is 1. The minimum atomic E-state index is 0.699. The van der Waals surface area contributed by atoms with Gasteiger partial charge in [0.05, 0.1) is 39.8 Å². The number of nitrogens with one attached hydrogen (secondary N) is 1. The maximum Gasteiger partial charge on any atom is 0.119 e. The van der Waals surface area contributed by atoms with Gasteiger partial charge in [0.25, 0.3) is 0 Å². The van der Waals surface area contributed by atoms with Gasteiger partial charge in [0.1, 0.15) is 10.7 Å². The van der Waals surface area contributed by atoms with Crippen LogP contribution in [0.4, 0.5) is 0 Å². The van der Waals surface area contributed by atoms with Crippen molar-refractivity contribution in [2.75, 3.05) is 39.8 Å². The highest BCUT2D eigenvalue weighted by Gasteiger charge is 2.19. The van der Waals surface area contributed by atoms with Crippen molar-refractivity contribution in [3.63, 3.8) is 0 Å². The number of rotatable bonds is 3. The van der Waals surface area contributed by atoms with E-state index in [9.17, 15) is 0 Å². The largest absolute Gasteiger partial charge is 0.494 e. The van der Waals surface area contributed by atoms with Gasteiger partial charge in [-0.2, -0.15) is 0 Å². The Morgan fingerprint density at radius 1 is 1.28 bits per heavy atom. The molecule has 1 aromatic carbocycles. The Hall–Kier alpha value is -1.13. The Labute approximate surface area is 114 Å². The lowest BCUT2D eigenvalue weighted by Crippen LogP contribution is -3.12. The molecule has 1 N–H and O–H groups in total. The van der Waals surface area contributed by atoms with Crippen LogP contribution in [0, 0.1) is 0 Å². The molecule has 3 nitrogen and oxygen atoms in total. The molecule has 18 heavy (non-hydrogen) atoms. The summed E-state index contributed by atoms with van der Waals surface area (Å²) in [5.74, 6) is 0.909. The highest BCUT2D eigenvalue weighted by Crippen LogP contribution is 2.14. The molecule has 0 radical (unpaired) electrons. The number of piperazine rings is 1. The van der Waals surface area contributed by atoms with Gasteiger partial charge >= 0.3 is 0 Å². The summed E-state index contributed by atoms with van der Waals surface area (Å²) in [6.07, 6.45) is 0. The number of hydrogen-bond acceptors (Lipinski definition) is 2. The summed E-state index contributed by atoms with van der Waals surface area (Å²) in [5.41, 5.74) is 1.12. The normalized spacial score (nSPS) is 16.7. The van der Waals surface area contributed by atoms with Crippen molar-refractivity contribution in [1.82, 2.24) is 4.90 Å². The summed E-state index contributed by atoms with van der Waals surface area (Å²) in [5, 5.41) is 0. The van der Waals surface area contributed by atoms with Crippen LogP contribution in [-0.2, 0) is 0 Å². The van der Waals surface area contributed by atoms with E-state index < -0.39 is 0 Å². The van der Waals surface area contributed by atoms with Crippen molar-refractivity contribution in [2.45, 2.75) is 6.92 Å². The Kier molecular flexibility index (Phi) is 4.55. The molecule has 1 fully saturated rings. The maximum atomic E-state index is 5.56. The number of ether oxygens (including phenoxy) is 1. The number of quaternary nitrogens is 1. The van der Waals surface area contributed by atoms with Gasteiger partial charge in [-0.3, -0.25) is 0 Å². The molecule has 0 aromatic heterocycles. The van der Waals surface area contributed by atoms with E-state index in [2.05, 4.69) is 24.1 Å². The third-order valence-corrected chi connectivity index (χ3v) is 3.81. The number of nitrogens with zero attached hydrogens (tertiary/aromatic N) is 1. The third-order valence-electron chi connectivity index (χ3n) is 3.32. The van der Waals surface area contributed by atoms with Crippen molar-refractivity contribution in [2.24, 2.45) is 0 Å². The van der Waals surface area contributed by atoms with E-state index in [-0.39, 0.29) is 0 Å². The number of likely N-dealkylation sites (N-methyl/N-ethyl adjacent to an activating group) is 1. The Morgan fingerprint density at radius 2 is 1.89 bits per heavy atom. The van der Waals surface area contributed by atoms with Crippen molar-refractivity contribution < 1.29 is 9.64 Å². The lowest BCUT2D eigenvalue weighted by Gasteiger charge is -2.32. The van der Waals surface area contributed by atoms with Crippen molar-refractivity contribution >= 4 is 17.2 Å². The van der Waals surface area contributed by atoms with Gasteiger partial charge in [-0.25, -0.2) is 0 Å². The van der Waals surface area contributed by atoms with Gasteiger partial charge in [0.2, 0.25) is 0 Å². The first-order valence-corrected chi connectivity index (χ1v) is 6.95. The predicted molar refractivity (Wildman–Crippen MR) is 77.5 cm³/mol. The van der Waals surface area contributed by atoms with E-state index in [1.165, 1.54) is 0 Å². The van der Waals surface area contributed by atoms with Gasteiger partial charge < -0.3 is 14.5 Å². The van der Waals surface area contributed by atoms with Gasteiger partial charge in [0.15, 0.2) is 0 Å². The van der Waals surface area contributed by atoms with E-state index >= 15 is 0 Å². The highest BCUT2D eigenvalue weighted by molar-refractivity contribution is 7.80. The molecule has 0 unspecified atom stereocenters.